The third kappa shape index (κ3) is 13.0. The highest BCUT2D eigenvalue weighted by atomic mass is 16.6. The van der Waals surface area contributed by atoms with Crippen molar-refractivity contribution in [2.45, 2.75) is 69.5 Å². The van der Waals surface area contributed by atoms with E-state index < -0.39 is 41.6 Å². The SMILES string of the molecule is C=C1c2ccccc2-c2ccccc21.COc1ccc(C(OC[C@H]2O[C@@H](n3ccc(NC(=O)c4ccc(CCC(=O)Cc5ccc(O)cc5)cc4)nc3=O)CC2OC(=O)CCC(C)=O)(c2ccccc2)c2ccc(OC)cc2)cc1. The number of ether oxygens (including phenoxy) is 5. The molecule has 406 valence electrons. The summed E-state index contributed by atoms with van der Waals surface area (Å²) in [5, 5.41) is 12.2. The van der Waals surface area contributed by atoms with Gasteiger partial charge < -0.3 is 38.9 Å². The Morgan fingerprint density at radius 2 is 1.23 bits per heavy atom. The van der Waals surface area contributed by atoms with Crippen LogP contribution in [0.4, 0.5) is 5.82 Å². The number of carbonyl (C=O) groups is 4. The molecule has 2 heterocycles. The Morgan fingerprint density at radius 1 is 0.675 bits per heavy atom. The van der Waals surface area contributed by atoms with E-state index in [1.165, 1.54) is 46.0 Å². The van der Waals surface area contributed by atoms with Crippen LogP contribution in [0.3, 0.4) is 0 Å². The van der Waals surface area contributed by atoms with Crippen molar-refractivity contribution < 1.29 is 48.0 Å². The summed E-state index contributed by atoms with van der Waals surface area (Å²) in [4.78, 5) is 68.4. The summed E-state index contributed by atoms with van der Waals surface area (Å²) in [7, 11) is 3.18. The molecular weight excluding hydrogens is 1010 g/mol. The van der Waals surface area contributed by atoms with E-state index in [2.05, 4.69) is 65.4 Å². The van der Waals surface area contributed by atoms with E-state index in [4.69, 9.17) is 23.7 Å². The maximum Gasteiger partial charge on any atom is 0.351 e. The molecule has 14 heteroatoms. The van der Waals surface area contributed by atoms with E-state index >= 15 is 0 Å². The number of nitrogens with one attached hydrogen (secondary N) is 1. The predicted octanol–water partition coefficient (Wildman–Crippen LogP) is 11.3. The molecule has 1 aromatic heterocycles. The lowest BCUT2D eigenvalue weighted by atomic mass is 9.80. The number of aromatic nitrogens is 2. The fourth-order valence-corrected chi connectivity index (χ4v) is 9.97. The van der Waals surface area contributed by atoms with Crippen molar-refractivity contribution in [3.05, 3.63) is 250 Å². The third-order valence-corrected chi connectivity index (χ3v) is 14.2. The molecular formula is C66H61N3O11. The van der Waals surface area contributed by atoms with Gasteiger partial charge in [0.15, 0.2) is 0 Å². The van der Waals surface area contributed by atoms with Crippen LogP contribution in [0.1, 0.15) is 88.1 Å². The predicted molar refractivity (Wildman–Crippen MR) is 305 cm³/mol. The third-order valence-electron chi connectivity index (χ3n) is 14.2. The lowest BCUT2D eigenvalue weighted by molar-refractivity contribution is -0.156. The summed E-state index contributed by atoms with van der Waals surface area (Å²) in [6.07, 6.45) is -0.255. The fraction of sp³-hybridized carbons (Fsp3) is 0.212. The van der Waals surface area contributed by atoms with E-state index in [0.29, 0.717) is 29.9 Å². The number of nitrogens with zero attached hydrogens (tertiary/aromatic N) is 2. The topological polar surface area (TPSA) is 182 Å². The van der Waals surface area contributed by atoms with Gasteiger partial charge in [0.2, 0.25) is 0 Å². The first kappa shape index (κ1) is 55.5. The molecule has 14 nitrogen and oxygen atoms in total. The second-order valence-corrected chi connectivity index (χ2v) is 19.5. The lowest BCUT2D eigenvalue weighted by Gasteiger charge is -2.37. The highest BCUT2D eigenvalue weighted by Crippen LogP contribution is 2.44. The van der Waals surface area contributed by atoms with Gasteiger partial charge >= 0.3 is 11.7 Å². The summed E-state index contributed by atoms with van der Waals surface area (Å²) in [6.45, 7) is 5.42. The van der Waals surface area contributed by atoms with Gasteiger partial charge in [-0.2, -0.15) is 4.98 Å². The average molecular weight is 1070 g/mol. The number of aromatic hydroxyl groups is 1. The van der Waals surface area contributed by atoms with Gasteiger partial charge in [0.1, 0.15) is 58.7 Å². The number of Topliss-reactive ketones (excluding diaryl/α,β-unsaturated/α-hetero) is 2. The van der Waals surface area contributed by atoms with Gasteiger partial charge in [-0.15, -0.1) is 0 Å². The molecule has 1 saturated heterocycles. The number of aryl methyl sites for hydroxylation is 1. The number of hydrogen-bond acceptors (Lipinski definition) is 12. The molecule has 1 aliphatic heterocycles. The molecule has 2 N–H and O–H groups in total. The van der Waals surface area contributed by atoms with E-state index in [1.807, 2.05) is 78.9 Å². The maximum atomic E-state index is 13.6. The van der Waals surface area contributed by atoms with E-state index in [9.17, 15) is 29.1 Å². The van der Waals surface area contributed by atoms with Crippen LogP contribution in [0.15, 0.2) is 200 Å². The molecule has 1 aliphatic carbocycles. The Hall–Kier alpha value is -9.24. The van der Waals surface area contributed by atoms with Gasteiger partial charge in [-0.1, -0.05) is 134 Å². The number of hydrogen-bond donors (Lipinski definition) is 2. The van der Waals surface area contributed by atoms with E-state index in [1.54, 1.807) is 62.8 Å². The Kier molecular flexibility index (Phi) is 17.7. The van der Waals surface area contributed by atoms with Crippen LogP contribution in [0.25, 0.3) is 16.7 Å². The van der Waals surface area contributed by atoms with Crippen LogP contribution >= 0.6 is 0 Å². The molecule has 2 aliphatic rings. The summed E-state index contributed by atoms with van der Waals surface area (Å²) in [6, 6.07) is 56.4. The first-order valence-electron chi connectivity index (χ1n) is 26.3. The fourth-order valence-electron chi connectivity index (χ4n) is 9.97. The molecule has 0 radical (unpaired) electrons. The van der Waals surface area contributed by atoms with Crippen LogP contribution < -0.4 is 20.5 Å². The first-order chi connectivity index (χ1) is 38.8. The van der Waals surface area contributed by atoms with E-state index in [-0.39, 0.29) is 55.4 Å². The monoisotopic (exact) mass is 1070 g/mol. The summed E-state index contributed by atoms with van der Waals surface area (Å²) < 4.78 is 31.8. The number of carbonyl (C=O) groups excluding carboxylic acids is 4. The Labute approximate surface area is 464 Å². The molecule has 1 unspecified atom stereocenters. The van der Waals surface area contributed by atoms with Gasteiger partial charge in [-0.25, -0.2) is 4.79 Å². The molecule has 0 spiro atoms. The highest BCUT2D eigenvalue weighted by molar-refractivity contribution is 6.03. The van der Waals surface area contributed by atoms with Crippen molar-refractivity contribution in [2.24, 2.45) is 0 Å². The molecule has 1 amide bonds. The Balaban J connectivity index is 0.000000474. The number of amides is 1. The number of anilines is 1. The van der Waals surface area contributed by atoms with Crippen molar-refractivity contribution in [3.63, 3.8) is 0 Å². The Bertz CT molecular complexity index is 3450. The van der Waals surface area contributed by atoms with Crippen molar-refractivity contribution in [2.75, 3.05) is 26.1 Å². The lowest BCUT2D eigenvalue weighted by Crippen LogP contribution is -2.39. The average Bonchev–Trinajstić information content (AvgIpc) is 4.00. The standard InChI is InChI=1S/C52H51N3O11.C14H10/c1-34(56)9-28-49(59)66-45-32-48(55-30-29-47(54-51(55)61)53-50(60)37-15-10-35(11-16-37)12-23-42(58)31-36-13-21-41(57)22-14-36)65-46(45)33-64-52(38-7-5-4-6-8-38,39-17-24-43(62-2)25-18-39)40-19-26-44(63-3)27-20-40;1-10-11-6-2-4-8-13(11)14-9-5-3-7-12(10)14/h4-8,10-11,13-22,24-27,29-30,45-46,48,57H,9,12,23,28,31-33H2,1-3H3,(H,53,54,60,61);2-9H,1H2/t45?,46-,48-;/m1./s1. The molecule has 1 fully saturated rings. The van der Waals surface area contributed by atoms with Crippen LogP contribution in [0.2, 0.25) is 0 Å². The molecule has 0 bridgehead atoms. The summed E-state index contributed by atoms with van der Waals surface area (Å²) in [5.74, 6) is 0.267. The van der Waals surface area contributed by atoms with Crippen molar-refractivity contribution in [1.82, 2.24) is 9.55 Å². The zero-order valence-electron chi connectivity index (χ0n) is 44.7. The molecule has 7 aromatic carbocycles. The van der Waals surface area contributed by atoms with Crippen LogP contribution in [0.5, 0.6) is 17.2 Å². The summed E-state index contributed by atoms with van der Waals surface area (Å²) >= 11 is 0. The number of phenols is 1. The van der Waals surface area contributed by atoms with Crippen molar-refractivity contribution in [3.8, 4) is 28.4 Å². The number of benzene rings is 7. The first-order valence-corrected chi connectivity index (χ1v) is 26.3. The van der Waals surface area contributed by atoms with Crippen LogP contribution in [-0.2, 0) is 47.0 Å². The zero-order chi connectivity index (χ0) is 56.2. The summed E-state index contributed by atoms with van der Waals surface area (Å²) in [5.41, 5.74) is 8.74. The van der Waals surface area contributed by atoms with Gasteiger partial charge in [0, 0.05) is 37.4 Å². The number of fused-ring (bicyclic) bond motifs is 3. The van der Waals surface area contributed by atoms with Crippen LogP contribution in [0, 0.1) is 0 Å². The number of ketones is 2. The van der Waals surface area contributed by atoms with Crippen molar-refractivity contribution >= 4 is 34.8 Å². The van der Waals surface area contributed by atoms with E-state index in [0.717, 1.165) is 33.4 Å². The highest BCUT2D eigenvalue weighted by Gasteiger charge is 2.44. The zero-order valence-corrected chi connectivity index (χ0v) is 44.7. The minimum Gasteiger partial charge on any atom is -0.508 e. The second kappa shape index (κ2) is 25.5. The van der Waals surface area contributed by atoms with Crippen molar-refractivity contribution in [1.29, 1.82) is 0 Å². The molecule has 80 heavy (non-hydrogen) atoms. The smallest absolute Gasteiger partial charge is 0.351 e. The minimum absolute atomic E-state index is 0.00773. The quantitative estimate of drug-likeness (QED) is 0.0545. The Morgan fingerprint density at radius 3 is 1.79 bits per heavy atom. The number of phenolic OH excluding ortho intramolecular Hbond substituents is 1. The number of rotatable bonds is 20. The van der Waals surface area contributed by atoms with Crippen LogP contribution in [-0.4, -0.2) is 71.1 Å². The molecule has 8 aromatic rings. The van der Waals surface area contributed by atoms with Gasteiger partial charge in [0.25, 0.3) is 5.91 Å². The normalized spacial score (nSPS) is 15.1. The number of methoxy groups -OCH3 is 2. The number of esters is 1. The largest absolute Gasteiger partial charge is 0.508 e. The molecule has 0 saturated carbocycles. The molecule has 10 rings (SSSR count). The second-order valence-electron chi connectivity index (χ2n) is 19.5. The molecule has 3 atom stereocenters. The maximum absolute atomic E-state index is 13.6. The minimum atomic E-state index is -1.22. The van der Waals surface area contributed by atoms with Gasteiger partial charge in [0.05, 0.1) is 27.2 Å². The van der Waals surface area contributed by atoms with Gasteiger partial charge in [-0.3, -0.25) is 19.0 Å². The van der Waals surface area contributed by atoms with Gasteiger partial charge in [-0.05, 0) is 124 Å².